The van der Waals surface area contributed by atoms with Crippen molar-refractivity contribution in [2.45, 2.75) is 6.54 Å². The molecule has 112 valence electrons. The molecule has 0 fully saturated rings. The van der Waals surface area contributed by atoms with Gasteiger partial charge in [-0.2, -0.15) is 0 Å². The topological polar surface area (TPSA) is 82.6 Å². The zero-order valence-corrected chi connectivity index (χ0v) is 12.6. The van der Waals surface area contributed by atoms with Crippen LogP contribution in [-0.4, -0.2) is 41.7 Å². The summed E-state index contributed by atoms with van der Waals surface area (Å²) in [6, 6.07) is 7.37. The van der Waals surface area contributed by atoms with Crippen LogP contribution < -0.4 is 9.61 Å². The van der Waals surface area contributed by atoms with Crippen LogP contribution in [0.25, 0.3) is 11.3 Å². The van der Waals surface area contributed by atoms with Crippen LogP contribution in [0.3, 0.4) is 0 Å². The van der Waals surface area contributed by atoms with E-state index in [1.807, 2.05) is 24.3 Å². The molecular formula is C14H16N2O4S. The second-order valence-corrected chi connectivity index (χ2v) is 5.68. The van der Waals surface area contributed by atoms with Crippen LogP contribution in [0.5, 0.6) is 5.75 Å². The number of thiazole rings is 1. The standard InChI is InChI=1S/C14H16N2O4S/c1-16(8-12(17)18)7-11-13(15-14(19)21-11)9-4-3-5-10(6-9)20-2/h3-6H,7-8H2,1-2H3,(H,15,19)(H,17,18). The number of rotatable bonds is 6. The van der Waals surface area contributed by atoms with Crippen molar-refractivity contribution in [3.05, 3.63) is 38.8 Å². The summed E-state index contributed by atoms with van der Waals surface area (Å²) in [7, 11) is 3.28. The molecule has 6 nitrogen and oxygen atoms in total. The van der Waals surface area contributed by atoms with Gasteiger partial charge in [-0.3, -0.25) is 14.5 Å². The summed E-state index contributed by atoms with van der Waals surface area (Å²) >= 11 is 1.09. The summed E-state index contributed by atoms with van der Waals surface area (Å²) in [6.07, 6.45) is 0. The Labute approximate surface area is 125 Å². The Balaban J connectivity index is 2.31. The number of ether oxygens (including phenoxy) is 1. The summed E-state index contributed by atoms with van der Waals surface area (Å²) in [5.41, 5.74) is 1.55. The smallest absolute Gasteiger partial charge is 0.317 e. The number of nitrogens with zero attached hydrogens (tertiary/aromatic N) is 1. The Bertz CT molecular complexity index is 692. The van der Waals surface area contributed by atoms with E-state index in [-0.39, 0.29) is 11.4 Å². The van der Waals surface area contributed by atoms with E-state index in [1.54, 1.807) is 19.1 Å². The lowest BCUT2D eigenvalue weighted by atomic mass is 10.1. The van der Waals surface area contributed by atoms with Gasteiger partial charge in [-0.15, -0.1) is 0 Å². The molecule has 0 aliphatic rings. The van der Waals surface area contributed by atoms with Gasteiger partial charge < -0.3 is 14.8 Å². The highest BCUT2D eigenvalue weighted by Crippen LogP contribution is 2.27. The zero-order chi connectivity index (χ0) is 15.4. The SMILES string of the molecule is COc1cccc(-c2[nH]c(=O)sc2CN(C)CC(=O)O)c1. The number of benzene rings is 1. The van der Waals surface area contributed by atoms with Crippen molar-refractivity contribution in [3.8, 4) is 17.0 Å². The molecule has 0 saturated carbocycles. The van der Waals surface area contributed by atoms with Gasteiger partial charge in [0.2, 0.25) is 0 Å². The van der Waals surface area contributed by atoms with Crippen LogP contribution >= 0.6 is 11.3 Å². The van der Waals surface area contributed by atoms with Gasteiger partial charge in [0, 0.05) is 17.0 Å². The molecule has 2 aromatic rings. The number of likely N-dealkylation sites (N-methyl/N-ethyl adjacent to an activating group) is 1. The van der Waals surface area contributed by atoms with E-state index < -0.39 is 5.97 Å². The van der Waals surface area contributed by atoms with Crippen LogP contribution in [-0.2, 0) is 11.3 Å². The van der Waals surface area contributed by atoms with Gasteiger partial charge in [-0.05, 0) is 19.2 Å². The first-order chi connectivity index (χ1) is 9.99. The third-order valence-corrected chi connectivity index (χ3v) is 3.77. The van der Waals surface area contributed by atoms with Gasteiger partial charge in [0.1, 0.15) is 5.75 Å². The molecule has 0 amide bonds. The second kappa shape index (κ2) is 6.55. The van der Waals surface area contributed by atoms with Gasteiger partial charge >= 0.3 is 10.8 Å². The van der Waals surface area contributed by atoms with E-state index in [9.17, 15) is 9.59 Å². The maximum Gasteiger partial charge on any atom is 0.317 e. The fourth-order valence-electron chi connectivity index (χ4n) is 2.02. The summed E-state index contributed by atoms with van der Waals surface area (Å²) < 4.78 is 5.18. The average molecular weight is 308 g/mol. The molecule has 0 unspecified atom stereocenters. The van der Waals surface area contributed by atoms with Crippen molar-refractivity contribution in [3.63, 3.8) is 0 Å². The van der Waals surface area contributed by atoms with Crippen LogP contribution in [0, 0.1) is 0 Å². The molecule has 2 rings (SSSR count). The monoisotopic (exact) mass is 308 g/mol. The molecule has 7 heteroatoms. The number of carboxylic acids is 1. The van der Waals surface area contributed by atoms with Gasteiger partial charge in [0.25, 0.3) is 0 Å². The molecule has 2 N–H and O–H groups in total. The number of carbonyl (C=O) groups is 1. The highest BCUT2D eigenvalue weighted by Gasteiger charge is 2.14. The minimum absolute atomic E-state index is 0.0797. The highest BCUT2D eigenvalue weighted by molar-refractivity contribution is 7.09. The number of H-pyrrole nitrogens is 1. The van der Waals surface area contributed by atoms with Crippen LogP contribution in [0.15, 0.2) is 29.1 Å². The van der Waals surface area contributed by atoms with Crippen molar-refractivity contribution >= 4 is 17.3 Å². The fraction of sp³-hybridized carbons (Fsp3) is 0.286. The molecule has 0 atom stereocenters. The van der Waals surface area contributed by atoms with E-state index >= 15 is 0 Å². The molecule has 0 aliphatic carbocycles. The average Bonchev–Trinajstić information content (AvgIpc) is 2.78. The molecular weight excluding hydrogens is 292 g/mol. The Morgan fingerprint density at radius 2 is 2.24 bits per heavy atom. The first-order valence-electron chi connectivity index (χ1n) is 6.26. The number of carboxylic acid groups (broad SMARTS) is 1. The van der Waals surface area contributed by atoms with Crippen LogP contribution in [0.1, 0.15) is 4.88 Å². The maximum atomic E-state index is 11.6. The summed E-state index contributed by atoms with van der Waals surface area (Å²) in [6.45, 7) is 0.311. The predicted octanol–water partition coefficient (Wildman–Crippen LogP) is 1.63. The summed E-state index contributed by atoms with van der Waals surface area (Å²) in [5, 5.41) is 8.80. The Morgan fingerprint density at radius 1 is 1.48 bits per heavy atom. The molecule has 0 radical (unpaired) electrons. The lowest BCUT2D eigenvalue weighted by molar-refractivity contribution is -0.138. The predicted molar refractivity (Wildman–Crippen MR) is 80.9 cm³/mol. The highest BCUT2D eigenvalue weighted by atomic mass is 32.1. The van der Waals surface area contributed by atoms with E-state index in [4.69, 9.17) is 9.84 Å². The van der Waals surface area contributed by atoms with Crippen molar-refractivity contribution < 1.29 is 14.6 Å². The lowest BCUT2D eigenvalue weighted by Gasteiger charge is -2.13. The van der Waals surface area contributed by atoms with Crippen molar-refractivity contribution in [2.75, 3.05) is 20.7 Å². The second-order valence-electron chi connectivity index (χ2n) is 4.61. The fourth-order valence-corrected chi connectivity index (χ4v) is 2.95. The Kier molecular flexibility index (Phi) is 4.77. The van der Waals surface area contributed by atoms with E-state index in [0.717, 1.165) is 21.8 Å². The van der Waals surface area contributed by atoms with E-state index in [1.165, 1.54) is 0 Å². The number of aliphatic carboxylic acids is 1. The van der Waals surface area contributed by atoms with E-state index in [2.05, 4.69) is 4.98 Å². The number of aromatic amines is 1. The third kappa shape index (κ3) is 3.93. The number of hydrogen-bond donors (Lipinski definition) is 2. The molecule has 0 spiro atoms. The Morgan fingerprint density at radius 3 is 2.90 bits per heavy atom. The zero-order valence-electron chi connectivity index (χ0n) is 11.8. The minimum atomic E-state index is -0.900. The lowest BCUT2D eigenvalue weighted by Crippen LogP contribution is -2.24. The summed E-state index contributed by atoms with van der Waals surface area (Å²) in [4.78, 5) is 27.4. The van der Waals surface area contributed by atoms with Crippen molar-refractivity contribution in [1.29, 1.82) is 0 Å². The van der Waals surface area contributed by atoms with Crippen LogP contribution in [0.4, 0.5) is 0 Å². The largest absolute Gasteiger partial charge is 0.497 e. The number of aromatic nitrogens is 1. The molecule has 0 bridgehead atoms. The van der Waals surface area contributed by atoms with E-state index in [0.29, 0.717) is 18.0 Å². The maximum absolute atomic E-state index is 11.6. The Hall–Kier alpha value is -2.12. The molecule has 21 heavy (non-hydrogen) atoms. The minimum Gasteiger partial charge on any atom is -0.497 e. The van der Waals surface area contributed by atoms with Gasteiger partial charge in [0.15, 0.2) is 0 Å². The molecule has 1 heterocycles. The molecule has 0 aliphatic heterocycles. The molecule has 1 aromatic heterocycles. The first-order valence-corrected chi connectivity index (χ1v) is 7.08. The van der Waals surface area contributed by atoms with Gasteiger partial charge in [-0.1, -0.05) is 23.5 Å². The van der Waals surface area contributed by atoms with Crippen LogP contribution in [0.2, 0.25) is 0 Å². The quantitative estimate of drug-likeness (QED) is 0.847. The number of nitrogens with one attached hydrogen (secondary N) is 1. The first kappa shape index (κ1) is 15.3. The van der Waals surface area contributed by atoms with Crippen molar-refractivity contribution in [1.82, 2.24) is 9.88 Å². The third-order valence-electron chi connectivity index (χ3n) is 2.90. The molecule has 1 aromatic carbocycles. The number of methoxy groups -OCH3 is 1. The van der Waals surface area contributed by atoms with Gasteiger partial charge in [-0.25, -0.2) is 0 Å². The normalized spacial score (nSPS) is 10.8. The number of hydrogen-bond acceptors (Lipinski definition) is 5. The van der Waals surface area contributed by atoms with Crippen molar-refractivity contribution in [2.24, 2.45) is 0 Å². The van der Waals surface area contributed by atoms with Gasteiger partial charge in [0.05, 0.1) is 19.3 Å². The molecule has 0 saturated heterocycles. The summed E-state index contributed by atoms with van der Waals surface area (Å²) in [5.74, 6) is -0.201.